The lowest BCUT2D eigenvalue weighted by Crippen LogP contribution is -2.30. The molecule has 0 aliphatic carbocycles. The number of nitrogens with zero attached hydrogens (tertiary/aromatic N) is 6. The number of carbonyl (C=O) groups is 1. The van der Waals surface area contributed by atoms with Crippen molar-refractivity contribution in [1.82, 2.24) is 14.5 Å². The molecule has 5 rings (SSSR count). The second-order valence-corrected chi connectivity index (χ2v) is 10.6. The second kappa shape index (κ2) is 10.3. The highest BCUT2D eigenvalue weighted by atomic mass is 35.5. The van der Waals surface area contributed by atoms with Crippen LogP contribution in [0.3, 0.4) is 0 Å². The first kappa shape index (κ1) is 26.5. The molecule has 0 N–H and O–H groups in total. The summed E-state index contributed by atoms with van der Waals surface area (Å²) in [5, 5.41) is 10.9. The maximum absolute atomic E-state index is 14.2. The lowest BCUT2D eigenvalue weighted by atomic mass is 10.0. The number of anilines is 2. The molecular weight excluding hydrogens is 535 g/mol. The van der Waals surface area contributed by atoms with E-state index in [0.717, 1.165) is 17.0 Å². The highest BCUT2D eigenvalue weighted by Crippen LogP contribution is 2.48. The third-order valence-electron chi connectivity index (χ3n) is 6.69. The molecule has 0 saturated heterocycles. The van der Waals surface area contributed by atoms with Crippen molar-refractivity contribution >= 4 is 40.7 Å². The fourth-order valence-corrected chi connectivity index (χ4v) is 5.32. The molecule has 1 aliphatic heterocycles. The highest BCUT2D eigenvalue weighted by molar-refractivity contribution is 6.31. The topological polar surface area (TPSA) is 87.3 Å². The van der Waals surface area contributed by atoms with Gasteiger partial charge in [-0.1, -0.05) is 35.3 Å². The van der Waals surface area contributed by atoms with E-state index in [9.17, 15) is 10.1 Å². The summed E-state index contributed by atoms with van der Waals surface area (Å²) in [7, 11) is 5.28. The van der Waals surface area contributed by atoms with Gasteiger partial charge in [-0.25, -0.2) is 4.98 Å². The van der Waals surface area contributed by atoms with E-state index in [-0.39, 0.29) is 11.9 Å². The Morgan fingerprint density at radius 1 is 1.05 bits per heavy atom. The zero-order chi connectivity index (χ0) is 28.0. The minimum absolute atomic E-state index is 0.0423. The van der Waals surface area contributed by atoms with E-state index in [1.54, 1.807) is 53.4 Å². The summed E-state index contributed by atoms with van der Waals surface area (Å²) in [4.78, 5) is 26.7. The Morgan fingerprint density at radius 2 is 1.74 bits per heavy atom. The lowest BCUT2D eigenvalue weighted by molar-refractivity contribution is 0.0993. The van der Waals surface area contributed by atoms with Crippen LogP contribution in [0.5, 0.6) is 5.88 Å². The first-order valence-corrected chi connectivity index (χ1v) is 13.0. The van der Waals surface area contributed by atoms with Gasteiger partial charge in [-0.15, -0.1) is 0 Å². The van der Waals surface area contributed by atoms with Gasteiger partial charge in [0.25, 0.3) is 5.91 Å². The predicted octanol–water partition coefficient (Wildman–Crippen LogP) is 6.53. The number of hydrogen-bond donors (Lipinski definition) is 0. The Kier molecular flexibility index (Phi) is 6.98. The molecule has 0 fully saturated rings. The molecule has 3 heterocycles. The summed E-state index contributed by atoms with van der Waals surface area (Å²) < 4.78 is 7.77. The van der Waals surface area contributed by atoms with Gasteiger partial charge in [0.05, 0.1) is 40.9 Å². The molecule has 0 saturated carbocycles. The number of fused-ring (bicyclic) bond motifs is 1. The number of benzene rings is 2. The predicted molar refractivity (Wildman–Crippen MR) is 153 cm³/mol. The van der Waals surface area contributed by atoms with Crippen molar-refractivity contribution in [2.45, 2.75) is 25.9 Å². The van der Waals surface area contributed by atoms with Crippen molar-refractivity contribution in [3.63, 3.8) is 0 Å². The van der Waals surface area contributed by atoms with Gasteiger partial charge in [-0.3, -0.25) is 9.69 Å². The molecule has 2 aromatic heterocycles. The molecule has 0 radical (unpaired) electrons. The molecule has 0 bridgehead atoms. The number of carbonyl (C=O) groups excluding carboxylic acids is 1. The summed E-state index contributed by atoms with van der Waals surface area (Å²) in [5.41, 5.74) is 4.36. The van der Waals surface area contributed by atoms with Gasteiger partial charge < -0.3 is 14.2 Å². The van der Waals surface area contributed by atoms with Crippen molar-refractivity contribution in [2.24, 2.45) is 0 Å². The van der Waals surface area contributed by atoms with Crippen LogP contribution in [0.2, 0.25) is 10.0 Å². The average Bonchev–Trinajstić information content (AvgIpc) is 3.43. The number of nitriles is 1. The van der Waals surface area contributed by atoms with E-state index in [4.69, 9.17) is 27.9 Å². The summed E-state index contributed by atoms with van der Waals surface area (Å²) in [6.07, 6.45) is 1.72. The molecule has 1 unspecified atom stereocenters. The first-order chi connectivity index (χ1) is 18.7. The van der Waals surface area contributed by atoms with E-state index in [1.807, 2.05) is 32.3 Å². The third kappa shape index (κ3) is 4.48. The molecule has 0 spiro atoms. The molecule has 39 heavy (non-hydrogen) atoms. The summed E-state index contributed by atoms with van der Waals surface area (Å²) in [6, 6.07) is 15.8. The molecule has 1 aliphatic rings. The molecular formula is C29H26Cl2N6O2. The Hall–Kier alpha value is -4.06. The van der Waals surface area contributed by atoms with Gasteiger partial charge in [-0.05, 0) is 55.8 Å². The van der Waals surface area contributed by atoms with Crippen molar-refractivity contribution in [2.75, 3.05) is 31.0 Å². The van der Waals surface area contributed by atoms with Crippen LogP contribution in [0.15, 0.2) is 54.7 Å². The van der Waals surface area contributed by atoms with Gasteiger partial charge >= 0.3 is 0 Å². The standard InChI is InChI=1S/C29H26Cl2N6O2/c1-16(2)36-24(22-15-33-29(35(3)4)34-27(22)39-5)13-21-26(36)25(17-6-9-19(30)10-7-17)37(28(21)38)23-12-20(31)11-8-18(23)14-32/h6-13,15-16,25H,1-5H3. The Bertz CT molecular complexity index is 1620. The van der Waals surface area contributed by atoms with Gasteiger partial charge in [-0.2, -0.15) is 10.2 Å². The Balaban J connectivity index is 1.79. The zero-order valence-corrected chi connectivity index (χ0v) is 23.6. The van der Waals surface area contributed by atoms with Crippen LogP contribution >= 0.6 is 23.2 Å². The number of halogens is 2. The number of rotatable bonds is 6. The number of hydrogen-bond acceptors (Lipinski definition) is 6. The van der Waals surface area contributed by atoms with Crippen molar-refractivity contribution in [1.29, 1.82) is 5.26 Å². The lowest BCUT2D eigenvalue weighted by Gasteiger charge is -2.30. The van der Waals surface area contributed by atoms with E-state index in [0.29, 0.717) is 44.3 Å². The quantitative estimate of drug-likeness (QED) is 0.266. The Labute approximate surface area is 237 Å². The van der Waals surface area contributed by atoms with E-state index in [2.05, 4.69) is 34.5 Å². The maximum atomic E-state index is 14.2. The number of ether oxygens (including phenoxy) is 1. The van der Waals surface area contributed by atoms with Gasteiger partial charge in [0, 0.05) is 36.4 Å². The third-order valence-corrected chi connectivity index (χ3v) is 7.18. The fraction of sp³-hybridized carbons (Fsp3) is 0.241. The van der Waals surface area contributed by atoms with Crippen LogP contribution in [0, 0.1) is 11.3 Å². The van der Waals surface area contributed by atoms with E-state index in [1.165, 1.54) is 0 Å². The molecule has 1 amide bonds. The first-order valence-electron chi connectivity index (χ1n) is 12.3. The SMILES string of the molecule is COc1nc(N(C)C)ncc1-c1cc2c(n1C(C)C)C(c1ccc(Cl)cc1)N(c1cc(Cl)ccc1C#N)C2=O. The summed E-state index contributed by atoms with van der Waals surface area (Å²) >= 11 is 12.6. The molecule has 10 heteroatoms. The largest absolute Gasteiger partial charge is 0.480 e. The maximum Gasteiger partial charge on any atom is 0.261 e. The van der Waals surface area contributed by atoms with Crippen molar-refractivity contribution in [3.8, 4) is 23.2 Å². The minimum atomic E-state index is -0.542. The fourth-order valence-electron chi connectivity index (χ4n) is 5.03. The van der Waals surface area contributed by atoms with E-state index < -0.39 is 6.04 Å². The van der Waals surface area contributed by atoms with Gasteiger partial charge in [0.2, 0.25) is 11.8 Å². The molecule has 8 nitrogen and oxygen atoms in total. The molecule has 2 aromatic carbocycles. The van der Waals surface area contributed by atoms with Crippen LogP contribution in [-0.2, 0) is 0 Å². The number of amides is 1. The molecule has 198 valence electrons. The van der Waals surface area contributed by atoms with Crippen LogP contribution in [0.1, 0.15) is 53.1 Å². The number of aromatic nitrogens is 3. The Morgan fingerprint density at radius 3 is 2.36 bits per heavy atom. The summed E-state index contributed by atoms with van der Waals surface area (Å²) in [5.74, 6) is 0.673. The zero-order valence-electron chi connectivity index (χ0n) is 22.1. The van der Waals surface area contributed by atoms with Crippen LogP contribution < -0.4 is 14.5 Å². The minimum Gasteiger partial charge on any atom is -0.480 e. The molecule has 1 atom stereocenters. The van der Waals surface area contributed by atoms with Crippen LogP contribution in [-0.4, -0.2) is 41.6 Å². The van der Waals surface area contributed by atoms with E-state index >= 15 is 0 Å². The van der Waals surface area contributed by atoms with Gasteiger partial charge in [0.1, 0.15) is 12.1 Å². The molecule has 4 aromatic rings. The average molecular weight is 561 g/mol. The van der Waals surface area contributed by atoms with Crippen molar-refractivity contribution < 1.29 is 9.53 Å². The smallest absolute Gasteiger partial charge is 0.261 e. The second-order valence-electron chi connectivity index (χ2n) is 9.68. The monoisotopic (exact) mass is 560 g/mol. The van der Waals surface area contributed by atoms with Crippen molar-refractivity contribution in [3.05, 3.63) is 87.2 Å². The van der Waals surface area contributed by atoms with Crippen LogP contribution in [0.25, 0.3) is 11.3 Å². The highest BCUT2D eigenvalue weighted by Gasteiger charge is 2.44. The normalized spacial score (nSPS) is 14.5. The van der Waals surface area contributed by atoms with Crippen LogP contribution in [0.4, 0.5) is 11.6 Å². The van der Waals surface area contributed by atoms with Gasteiger partial charge in [0.15, 0.2) is 0 Å². The summed E-state index contributed by atoms with van der Waals surface area (Å²) in [6.45, 7) is 4.11. The number of methoxy groups -OCH3 is 1.